The summed E-state index contributed by atoms with van der Waals surface area (Å²) in [6.45, 7) is 4.55. The van der Waals surface area contributed by atoms with E-state index in [1.165, 1.54) is 37.9 Å². The molecule has 0 bridgehead atoms. The molecule has 0 amide bonds. The van der Waals surface area contributed by atoms with E-state index in [4.69, 9.17) is 4.42 Å². The summed E-state index contributed by atoms with van der Waals surface area (Å²) in [5.41, 5.74) is 1.59. The van der Waals surface area contributed by atoms with Crippen molar-refractivity contribution in [2.24, 2.45) is 17.8 Å². The highest BCUT2D eigenvalue weighted by Crippen LogP contribution is 2.39. The number of rotatable bonds is 6. The summed E-state index contributed by atoms with van der Waals surface area (Å²) in [7, 11) is 0. The highest BCUT2D eigenvalue weighted by molar-refractivity contribution is 6.08. The van der Waals surface area contributed by atoms with Gasteiger partial charge in [-0.05, 0) is 43.1 Å². The topological polar surface area (TPSA) is 73.1 Å². The molecule has 0 unspecified atom stereocenters. The Hall–Kier alpha value is -2.30. The zero-order valence-electron chi connectivity index (χ0n) is 14.1. The van der Waals surface area contributed by atoms with Gasteiger partial charge in [0.15, 0.2) is 12.0 Å². The van der Waals surface area contributed by atoms with Crippen LogP contribution in [0.15, 0.2) is 29.3 Å². The Kier molecular flexibility index (Phi) is 4.88. The number of hydrogen-bond acceptors (Lipinski definition) is 5. The van der Waals surface area contributed by atoms with Crippen molar-refractivity contribution < 1.29 is 14.0 Å². The first-order chi connectivity index (χ1) is 11.6. The minimum atomic E-state index is -0.267. The average Bonchev–Trinajstić information content (AvgIpc) is 3.21. The lowest BCUT2D eigenvalue weighted by atomic mass is 9.95. The molecule has 0 N–H and O–H groups in total. The number of aldehydes is 1. The SMILES string of the molecule is CC[C@H]1C[C@@H](Cc2ncncc2C(=O)c2cc(C=O)co2)C[C@@H]1C. The molecular weight excluding hydrogens is 304 g/mol. The van der Waals surface area contributed by atoms with Gasteiger partial charge in [-0.1, -0.05) is 20.3 Å². The van der Waals surface area contributed by atoms with E-state index in [-0.39, 0.29) is 11.5 Å². The Morgan fingerprint density at radius 3 is 2.92 bits per heavy atom. The molecule has 24 heavy (non-hydrogen) atoms. The maximum atomic E-state index is 12.7. The van der Waals surface area contributed by atoms with Gasteiger partial charge < -0.3 is 4.42 Å². The monoisotopic (exact) mass is 326 g/mol. The van der Waals surface area contributed by atoms with Crippen LogP contribution in [-0.2, 0) is 6.42 Å². The van der Waals surface area contributed by atoms with Gasteiger partial charge in [-0.15, -0.1) is 0 Å². The lowest BCUT2D eigenvalue weighted by molar-refractivity contribution is 0.101. The van der Waals surface area contributed by atoms with E-state index in [1.54, 1.807) is 6.20 Å². The van der Waals surface area contributed by atoms with Crippen molar-refractivity contribution in [2.45, 2.75) is 39.5 Å². The van der Waals surface area contributed by atoms with E-state index in [9.17, 15) is 9.59 Å². The molecule has 2 aromatic heterocycles. The molecule has 1 aliphatic rings. The van der Waals surface area contributed by atoms with E-state index in [0.717, 1.165) is 24.0 Å². The number of aromatic nitrogens is 2. The third-order valence-corrected chi connectivity index (χ3v) is 5.17. The molecular formula is C19H22N2O3. The Balaban J connectivity index is 1.80. The van der Waals surface area contributed by atoms with Crippen molar-refractivity contribution in [1.29, 1.82) is 0 Å². The highest BCUT2D eigenvalue weighted by Gasteiger charge is 2.31. The lowest BCUT2D eigenvalue weighted by Gasteiger charge is -2.12. The van der Waals surface area contributed by atoms with Crippen LogP contribution in [0.1, 0.15) is 65.3 Å². The van der Waals surface area contributed by atoms with Gasteiger partial charge in [-0.2, -0.15) is 0 Å². The minimum absolute atomic E-state index is 0.152. The van der Waals surface area contributed by atoms with Crippen molar-refractivity contribution in [2.75, 3.05) is 0 Å². The summed E-state index contributed by atoms with van der Waals surface area (Å²) in [6.07, 6.45) is 9.32. The molecule has 0 aromatic carbocycles. The zero-order chi connectivity index (χ0) is 17.1. The maximum Gasteiger partial charge on any atom is 0.231 e. The fourth-order valence-electron chi connectivity index (χ4n) is 3.86. The second-order valence-electron chi connectivity index (χ2n) is 6.76. The van der Waals surface area contributed by atoms with E-state index < -0.39 is 0 Å². The van der Waals surface area contributed by atoms with Gasteiger partial charge in [-0.3, -0.25) is 9.59 Å². The van der Waals surface area contributed by atoms with Gasteiger partial charge in [0.2, 0.25) is 5.78 Å². The molecule has 0 aliphatic heterocycles. The molecule has 5 heteroatoms. The average molecular weight is 326 g/mol. The standard InChI is InChI=1S/C19H22N2O3/c1-3-15-5-13(4-12(15)2)6-17-16(8-20-11-21-17)19(23)18-7-14(9-22)10-24-18/h7-13,15H,3-6H2,1-2H3/t12-,13-,15-/m0/s1. The molecule has 0 spiro atoms. The molecule has 1 saturated carbocycles. The fourth-order valence-corrected chi connectivity index (χ4v) is 3.86. The van der Waals surface area contributed by atoms with Crippen molar-refractivity contribution in [3.05, 3.63) is 47.4 Å². The van der Waals surface area contributed by atoms with Crippen molar-refractivity contribution in [1.82, 2.24) is 9.97 Å². The summed E-state index contributed by atoms with van der Waals surface area (Å²) in [6, 6.07) is 1.46. The molecule has 1 aliphatic carbocycles. The molecule has 3 rings (SSSR count). The smallest absolute Gasteiger partial charge is 0.231 e. The first kappa shape index (κ1) is 16.6. The van der Waals surface area contributed by atoms with Crippen LogP contribution in [0.4, 0.5) is 0 Å². The summed E-state index contributed by atoms with van der Waals surface area (Å²) in [5, 5.41) is 0. The first-order valence-electron chi connectivity index (χ1n) is 8.49. The van der Waals surface area contributed by atoms with E-state index in [0.29, 0.717) is 23.3 Å². The lowest BCUT2D eigenvalue weighted by Crippen LogP contribution is -2.11. The molecule has 2 heterocycles. The van der Waals surface area contributed by atoms with Crippen LogP contribution in [-0.4, -0.2) is 22.0 Å². The van der Waals surface area contributed by atoms with Crippen LogP contribution >= 0.6 is 0 Å². The zero-order valence-corrected chi connectivity index (χ0v) is 14.1. The van der Waals surface area contributed by atoms with Crippen molar-refractivity contribution in [3.63, 3.8) is 0 Å². The Morgan fingerprint density at radius 2 is 2.25 bits per heavy atom. The molecule has 5 nitrogen and oxygen atoms in total. The van der Waals surface area contributed by atoms with Crippen LogP contribution in [0.25, 0.3) is 0 Å². The summed E-state index contributed by atoms with van der Waals surface area (Å²) < 4.78 is 5.21. The van der Waals surface area contributed by atoms with Crippen molar-refractivity contribution in [3.8, 4) is 0 Å². The molecule has 126 valence electrons. The fraction of sp³-hybridized carbons (Fsp3) is 0.474. The molecule has 1 fully saturated rings. The quantitative estimate of drug-likeness (QED) is 0.597. The molecule has 3 atom stereocenters. The normalized spacial score (nSPS) is 23.3. The number of nitrogens with zero attached hydrogens (tertiary/aromatic N) is 2. The van der Waals surface area contributed by atoms with Gasteiger partial charge >= 0.3 is 0 Å². The van der Waals surface area contributed by atoms with Gasteiger partial charge in [-0.25, -0.2) is 9.97 Å². The van der Waals surface area contributed by atoms with Crippen LogP contribution in [0, 0.1) is 17.8 Å². The van der Waals surface area contributed by atoms with Gasteiger partial charge in [0.25, 0.3) is 0 Å². The van der Waals surface area contributed by atoms with Gasteiger partial charge in [0, 0.05) is 6.20 Å². The number of carbonyl (C=O) groups excluding carboxylic acids is 2. The Morgan fingerprint density at radius 1 is 1.42 bits per heavy atom. The number of hydrogen-bond donors (Lipinski definition) is 0. The second kappa shape index (κ2) is 7.07. The predicted molar refractivity (Wildman–Crippen MR) is 88.9 cm³/mol. The highest BCUT2D eigenvalue weighted by atomic mass is 16.3. The van der Waals surface area contributed by atoms with E-state index in [1.807, 2.05) is 0 Å². The third-order valence-electron chi connectivity index (χ3n) is 5.17. The number of furan rings is 1. The van der Waals surface area contributed by atoms with Crippen LogP contribution < -0.4 is 0 Å². The Labute approximate surface area is 141 Å². The second-order valence-corrected chi connectivity index (χ2v) is 6.76. The summed E-state index contributed by atoms with van der Waals surface area (Å²) in [5.74, 6) is 1.92. The molecule has 2 aromatic rings. The molecule has 0 radical (unpaired) electrons. The summed E-state index contributed by atoms with van der Waals surface area (Å²) in [4.78, 5) is 31.8. The van der Waals surface area contributed by atoms with Crippen LogP contribution in [0.3, 0.4) is 0 Å². The first-order valence-corrected chi connectivity index (χ1v) is 8.49. The maximum absolute atomic E-state index is 12.7. The largest absolute Gasteiger partial charge is 0.460 e. The van der Waals surface area contributed by atoms with Crippen LogP contribution in [0.2, 0.25) is 0 Å². The third kappa shape index (κ3) is 3.30. The predicted octanol–water partition coefficient (Wildman–Crippen LogP) is 3.73. The van der Waals surface area contributed by atoms with Crippen molar-refractivity contribution >= 4 is 12.1 Å². The number of ketones is 1. The van der Waals surface area contributed by atoms with Gasteiger partial charge in [0.1, 0.15) is 12.6 Å². The summed E-state index contributed by atoms with van der Waals surface area (Å²) >= 11 is 0. The molecule has 0 saturated heterocycles. The van der Waals surface area contributed by atoms with E-state index >= 15 is 0 Å². The minimum Gasteiger partial charge on any atom is -0.460 e. The van der Waals surface area contributed by atoms with E-state index in [2.05, 4.69) is 23.8 Å². The number of carbonyl (C=O) groups is 2. The van der Waals surface area contributed by atoms with Crippen LogP contribution in [0.5, 0.6) is 0 Å². The Bertz CT molecular complexity index is 738. The van der Waals surface area contributed by atoms with Gasteiger partial charge in [0.05, 0.1) is 16.8 Å².